The molecule has 182 valence electrons. The van der Waals surface area contributed by atoms with Gasteiger partial charge in [0.15, 0.2) is 0 Å². The Balaban J connectivity index is 1.51. The third-order valence-electron chi connectivity index (χ3n) is 6.24. The zero-order valence-electron chi connectivity index (χ0n) is 20.5. The summed E-state index contributed by atoms with van der Waals surface area (Å²) in [6.07, 6.45) is 0. The molecular weight excluding hydrogens is 466 g/mol. The Morgan fingerprint density at radius 3 is 2.39 bits per heavy atom. The van der Waals surface area contributed by atoms with E-state index in [1.807, 2.05) is 54.3 Å². The highest BCUT2D eigenvalue weighted by Gasteiger charge is 2.22. The first-order chi connectivity index (χ1) is 17.6. The molecule has 1 N–H and O–H groups in total. The van der Waals surface area contributed by atoms with Gasteiger partial charge < -0.3 is 19.5 Å². The lowest BCUT2D eigenvalue weighted by atomic mass is 10.1. The summed E-state index contributed by atoms with van der Waals surface area (Å²) in [5, 5.41) is 6.34. The number of nitrogens with one attached hydrogen (secondary N) is 1. The predicted octanol–water partition coefficient (Wildman–Crippen LogP) is 7.54. The second-order valence-electron chi connectivity index (χ2n) is 8.61. The number of hydrogen-bond donors (Lipinski definition) is 1. The van der Waals surface area contributed by atoms with Crippen LogP contribution in [0.4, 0.5) is 10.5 Å². The summed E-state index contributed by atoms with van der Waals surface area (Å²) >= 11 is 1.72. The van der Waals surface area contributed by atoms with Crippen LogP contribution in [0.1, 0.15) is 18.1 Å². The molecule has 0 bridgehead atoms. The molecule has 5 aromatic rings. The second kappa shape index (κ2) is 10.7. The van der Waals surface area contributed by atoms with Crippen LogP contribution in [0.2, 0.25) is 0 Å². The van der Waals surface area contributed by atoms with Crippen molar-refractivity contribution < 1.29 is 9.53 Å². The third-order valence-corrected chi connectivity index (χ3v) is 7.11. The molecule has 5 rings (SSSR count). The molecule has 3 aromatic carbocycles. The lowest BCUT2D eigenvalue weighted by Crippen LogP contribution is -2.34. The summed E-state index contributed by atoms with van der Waals surface area (Å²) in [6.45, 7) is 3.53. The number of fused-ring (bicyclic) bond motifs is 1. The predicted molar refractivity (Wildman–Crippen MR) is 149 cm³/mol. The fourth-order valence-electron chi connectivity index (χ4n) is 4.56. The minimum atomic E-state index is -0.145. The number of aromatic nitrogens is 1. The van der Waals surface area contributed by atoms with Crippen LogP contribution in [0.15, 0.2) is 96.4 Å². The van der Waals surface area contributed by atoms with Crippen molar-refractivity contribution in [2.45, 2.75) is 20.0 Å². The molecule has 0 aliphatic rings. The van der Waals surface area contributed by atoms with Gasteiger partial charge in [-0.2, -0.15) is 0 Å². The van der Waals surface area contributed by atoms with Crippen LogP contribution in [0, 0.1) is 0 Å². The molecule has 5 nitrogen and oxygen atoms in total. The maximum absolute atomic E-state index is 13.7. The monoisotopic (exact) mass is 495 g/mol. The van der Waals surface area contributed by atoms with Crippen LogP contribution in [0.25, 0.3) is 21.5 Å². The first-order valence-electron chi connectivity index (χ1n) is 12.1. The summed E-state index contributed by atoms with van der Waals surface area (Å²) in [6, 6.07) is 30.1. The summed E-state index contributed by atoms with van der Waals surface area (Å²) in [4.78, 5) is 16.7. The first-order valence-corrected chi connectivity index (χ1v) is 12.9. The van der Waals surface area contributed by atoms with Crippen LogP contribution in [-0.4, -0.2) is 22.1 Å². The Labute approximate surface area is 215 Å². The molecule has 0 saturated carbocycles. The number of aryl methyl sites for hydroxylation is 1. The number of carbonyl (C=O) groups excluding carboxylic acids is 1. The Bertz CT molecular complexity index is 1440. The standard InChI is InChI=1S/C30H29N3O2S/c1-3-35-24-17-15-23(16-18-24)31-30(34)33(20-22-10-5-4-6-11-22)21-26-25-12-7-8-13-27(25)32(2)29(26)28-14-9-19-36-28/h4-19H,3,20-21H2,1-2H3,(H,31,34). The van der Waals surface area contributed by atoms with Gasteiger partial charge in [0.1, 0.15) is 5.75 Å². The Morgan fingerprint density at radius 2 is 1.67 bits per heavy atom. The second-order valence-corrected chi connectivity index (χ2v) is 9.56. The molecule has 0 saturated heterocycles. The van der Waals surface area contributed by atoms with Gasteiger partial charge in [0.05, 0.1) is 23.7 Å². The van der Waals surface area contributed by atoms with Gasteiger partial charge in [-0.3, -0.25) is 0 Å². The van der Waals surface area contributed by atoms with Crippen molar-refractivity contribution in [3.05, 3.63) is 108 Å². The Kier molecular flexibility index (Phi) is 7.05. The first kappa shape index (κ1) is 23.7. The van der Waals surface area contributed by atoms with E-state index in [0.717, 1.165) is 39.2 Å². The van der Waals surface area contributed by atoms with E-state index >= 15 is 0 Å². The number of rotatable bonds is 8. The number of hydrogen-bond acceptors (Lipinski definition) is 3. The van der Waals surface area contributed by atoms with Crippen molar-refractivity contribution in [1.82, 2.24) is 9.47 Å². The van der Waals surface area contributed by atoms with Crippen molar-refractivity contribution in [2.75, 3.05) is 11.9 Å². The largest absolute Gasteiger partial charge is 0.494 e. The minimum Gasteiger partial charge on any atom is -0.494 e. The van der Waals surface area contributed by atoms with Crippen LogP contribution in [0.5, 0.6) is 5.75 Å². The number of anilines is 1. The van der Waals surface area contributed by atoms with Crippen molar-refractivity contribution in [3.8, 4) is 16.3 Å². The summed E-state index contributed by atoms with van der Waals surface area (Å²) in [7, 11) is 2.10. The van der Waals surface area contributed by atoms with E-state index in [1.54, 1.807) is 11.3 Å². The molecule has 0 atom stereocenters. The number of thiophene rings is 1. The van der Waals surface area contributed by atoms with E-state index in [9.17, 15) is 4.79 Å². The van der Waals surface area contributed by atoms with Gasteiger partial charge in [-0.25, -0.2) is 4.79 Å². The van der Waals surface area contributed by atoms with Crippen molar-refractivity contribution in [2.24, 2.45) is 7.05 Å². The van der Waals surface area contributed by atoms with E-state index in [4.69, 9.17) is 4.74 Å². The van der Waals surface area contributed by atoms with Crippen LogP contribution in [-0.2, 0) is 20.1 Å². The molecule has 2 heterocycles. The SMILES string of the molecule is CCOc1ccc(NC(=O)N(Cc2ccccc2)Cc2c(-c3cccs3)n(C)c3ccccc23)cc1. The summed E-state index contributed by atoms with van der Waals surface area (Å²) in [5.41, 5.74) is 5.27. The zero-order valence-corrected chi connectivity index (χ0v) is 21.3. The molecule has 2 aromatic heterocycles. The van der Waals surface area contributed by atoms with Crippen LogP contribution >= 0.6 is 11.3 Å². The van der Waals surface area contributed by atoms with E-state index in [0.29, 0.717) is 19.7 Å². The molecule has 0 unspecified atom stereocenters. The minimum absolute atomic E-state index is 0.145. The molecule has 36 heavy (non-hydrogen) atoms. The number of ether oxygens (including phenoxy) is 1. The van der Waals surface area contributed by atoms with Gasteiger partial charge in [-0.15, -0.1) is 11.3 Å². The topological polar surface area (TPSA) is 46.5 Å². The van der Waals surface area contributed by atoms with E-state index < -0.39 is 0 Å². The van der Waals surface area contributed by atoms with Crippen molar-refractivity contribution in [1.29, 1.82) is 0 Å². The average molecular weight is 496 g/mol. The molecule has 0 radical (unpaired) electrons. The normalized spacial score (nSPS) is 10.9. The van der Waals surface area contributed by atoms with Crippen molar-refractivity contribution >= 4 is 34.0 Å². The molecule has 2 amide bonds. The van der Waals surface area contributed by atoms with Gasteiger partial charge in [0.2, 0.25) is 0 Å². The lowest BCUT2D eigenvalue weighted by molar-refractivity contribution is 0.206. The van der Waals surface area contributed by atoms with Gasteiger partial charge in [0.25, 0.3) is 0 Å². The van der Waals surface area contributed by atoms with Crippen molar-refractivity contribution in [3.63, 3.8) is 0 Å². The van der Waals surface area contributed by atoms with Crippen LogP contribution < -0.4 is 10.1 Å². The quantitative estimate of drug-likeness (QED) is 0.242. The number of carbonyl (C=O) groups is 1. The number of amides is 2. The molecule has 0 aliphatic heterocycles. The van der Waals surface area contributed by atoms with Gasteiger partial charge in [-0.05, 0) is 54.3 Å². The smallest absolute Gasteiger partial charge is 0.322 e. The van der Waals surface area contributed by atoms with Gasteiger partial charge >= 0.3 is 6.03 Å². The van der Waals surface area contributed by atoms with E-state index in [-0.39, 0.29) is 6.03 Å². The maximum Gasteiger partial charge on any atom is 0.322 e. The molecular formula is C30H29N3O2S. The fourth-order valence-corrected chi connectivity index (χ4v) is 5.39. The summed E-state index contributed by atoms with van der Waals surface area (Å²) in [5.74, 6) is 0.785. The van der Waals surface area contributed by atoms with E-state index in [2.05, 4.69) is 70.8 Å². The highest BCUT2D eigenvalue weighted by atomic mass is 32.1. The fraction of sp³-hybridized carbons (Fsp3) is 0.167. The number of para-hydroxylation sites is 1. The number of urea groups is 1. The van der Waals surface area contributed by atoms with Gasteiger partial charge in [0, 0.05) is 35.7 Å². The molecule has 0 aliphatic carbocycles. The number of benzene rings is 3. The maximum atomic E-state index is 13.7. The zero-order chi connectivity index (χ0) is 24.9. The summed E-state index contributed by atoms with van der Waals surface area (Å²) < 4.78 is 7.78. The van der Waals surface area contributed by atoms with Crippen LogP contribution in [0.3, 0.4) is 0 Å². The molecule has 6 heteroatoms. The third kappa shape index (κ3) is 4.99. The lowest BCUT2D eigenvalue weighted by Gasteiger charge is -2.24. The molecule has 0 fully saturated rings. The highest BCUT2D eigenvalue weighted by molar-refractivity contribution is 7.13. The number of nitrogens with zero attached hydrogens (tertiary/aromatic N) is 2. The van der Waals surface area contributed by atoms with Gasteiger partial charge in [-0.1, -0.05) is 54.6 Å². The Morgan fingerprint density at radius 1 is 0.917 bits per heavy atom. The highest BCUT2D eigenvalue weighted by Crippen LogP contribution is 2.36. The van der Waals surface area contributed by atoms with E-state index in [1.165, 1.54) is 4.88 Å². The molecule has 0 spiro atoms. The average Bonchev–Trinajstić information content (AvgIpc) is 3.52. The Hall–Kier alpha value is -4.03.